The molecule has 4 heterocycles. The fourth-order valence-corrected chi connectivity index (χ4v) is 4.33. The zero-order chi connectivity index (χ0) is 13.6. The number of nitrogens with zero attached hydrogens (tertiary/aromatic N) is 2. The van der Waals surface area contributed by atoms with Crippen molar-refractivity contribution in [3.63, 3.8) is 0 Å². The molecule has 0 saturated carbocycles. The van der Waals surface area contributed by atoms with Crippen LogP contribution in [-0.4, -0.2) is 41.0 Å². The van der Waals surface area contributed by atoms with Gasteiger partial charge in [0.1, 0.15) is 4.88 Å². The number of aryl methyl sites for hydroxylation is 2. The number of hydrogen-bond acceptors (Lipinski definition) is 4. The molecule has 104 valence electrons. The average Bonchev–Trinajstić information content (AvgIpc) is 2.73. The van der Waals surface area contributed by atoms with Crippen molar-refractivity contribution in [1.29, 1.82) is 0 Å². The molecular weight excluding hydrogens is 258 g/mol. The van der Waals surface area contributed by atoms with Crippen molar-refractivity contribution in [2.45, 2.75) is 45.7 Å². The highest BCUT2D eigenvalue weighted by atomic mass is 32.1. The molecule has 5 heteroatoms. The number of aromatic nitrogens is 1. The minimum absolute atomic E-state index is 0.0636. The number of hydrogen-bond donors (Lipinski definition) is 1. The molecular formula is C14H21N3OS. The Morgan fingerprint density at radius 2 is 2.05 bits per heavy atom. The first kappa shape index (κ1) is 13.1. The first-order chi connectivity index (χ1) is 9.06. The molecule has 0 unspecified atom stereocenters. The Labute approximate surface area is 118 Å². The number of piperidine rings is 3. The average molecular weight is 279 g/mol. The van der Waals surface area contributed by atoms with Crippen LogP contribution in [0.3, 0.4) is 0 Å². The van der Waals surface area contributed by atoms with Crippen molar-refractivity contribution < 1.29 is 4.79 Å². The maximum Gasteiger partial charge on any atom is 0.263 e. The van der Waals surface area contributed by atoms with Gasteiger partial charge in [-0.1, -0.05) is 0 Å². The summed E-state index contributed by atoms with van der Waals surface area (Å²) in [6.45, 7) is 8.48. The van der Waals surface area contributed by atoms with Gasteiger partial charge in [-0.2, -0.15) is 0 Å². The summed E-state index contributed by atoms with van der Waals surface area (Å²) in [6, 6.07) is 0.766. The summed E-state index contributed by atoms with van der Waals surface area (Å²) in [5.74, 6) is 0.715. The van der Waals surface area contributed by atoms with E-state index >= 15 is 0 Å². The van der Waals surface area contributed by atoms with Crippen molar-refractivity contribution in [3.8, 4) is 0 Å². The van der Waals surface area contributed by atoms with Crippen LogP contribution in [0.5, 0.6) is 0 Å². The first-order valence-corrected chi connectivity index (χ1v) is 7.87. The molecule has 3 aliphatic heterocycles. The van der Waals surface area contributed by atoms with Crippen LogP contribution in [-0.2, 0) is 0 Å². The molecule has 3 aliphatic rings. The molecule has 1 aromatic heterocycles. The van der Waals surface area contributed by atoms with Gasteiger partial charge in [0, 0.05) is 12.1 Å². The molecule has 4 nitrogen and oxygen atoms in total. The molecule has 1 amide bonds. The molecule has 0 aromatic carbocycles. The summed E-state index contributed by atoms with van der Waals surface area (Å²) in [6.07, 6.45) is 2.44. The fraction of sp³-hybridized carbons (Fsp3) is 0.714. The van der Waals surface area contributed by atoms with E-state index in [4.69, 9.17) is 0 Å². The number of thiazole rings is 1. The number of rotatable bonds is 2. The predicted octanol–water partition coefficient (Wildman–Crippen LogP) is 1.97. The van der Waals surface area contributed by atoms with E-state index in [-0.39, 0.29) is 5.91 Å². The summed E-state index contributed by atoms with van der Waals surface area (Å²) in [5, 5.41) is 4.22. The van der Waals surface area contributed by atoms with E-state index in [1.807, 2.05) is 13.8 Å². The van der Waals surface area contributed by atoms with Crippen molar-refractivity contribution in [3.05, 3.63) is 15.6 Å². The van der Waals surface area contributed by atoms with E-state index < -0.39 is 0 Å². The SMILES string of the molecule is Cc1nc(C)c(C(=O)N[C@@H]2C3CCN(CC3)[C@H]2C)s1. The van der Waals surface area contributed by atoms with Crippen LogP contribution < -0.4 is 5.32 Å². The van der Waals surface area contributed by atoms with Crippen LogP contribution in [0.15, 0.2) is 0 Å². The van der Waals surface area contributed by atoms with Crippen LogP contribution in [0.25, 0.3) is 0 Å². The molecule has 0 radical (unpaired) electrons. The largest absolute Gasteiger partial charge is 0.347 e. The molecule has 1 aromatic rings. The van der Waals surface area contributed by atoms with Gasteiger partial charge in [-0.3, -0.25) is 9.69 Å². The minimum Gasteiger partial charge on any atom is -0.347 e. The predicted molar refractivity (Wildman–Crippen MR) is 76.6 cm³/mol. The van der Waals surface area contributed by atoms with Crippen molar-refractivity contribution >= 4 is 17.2 Å². The van der Waals surface area contributed by atoms with Crippen LogP contribution in [0.1, 0.15) is 40.1 Å². The van der Waals surface area contributed by atoms with Gasteiger partial charge >= 0.3 is 0 Å². The smallest absolute Gasteiger partial charge is 0.263 e. The Hall–Kier alpha value is -0.940. The molecule has 19 heavy (non-hydrogen) atoms. The van der Waals surface area contributed by atoms with Gasteiger partial charge in [0.25, 0.3) is 5.91 Å². The van der Waals surface area contributed by atoms with E-state index in [1.54, 1.807) is 0 Å². The third-order valence-corrected chi connectivity index (χ3v) is 5.66. The maximum atomic E-state index is 12.4. The molecule has 1 N–H and O–H groups in total. The third-order valence-electron chi connectivity index (χ3n) is 4.59. The molecule has 3 saturated heterocycles. The summed E-state index contributed by atoms with van der Waals surface area (Å²) in [4.78, 5) is 20.0. The summed E-state index contributed by atoms with van der Waals surface area (Å²) >= 11 is 1.50. The lowest BCUT2D eigenvalue weighted by Crippen LogP contribution is -2.62. The van der Waals surface area contributed by atoms with Crippen molar-refractivity contribution in [2.24, 2.45) is 5.92 Å². The molecule has 4 rings (SSSR count). The maximum absolute atomic E-state index is 12.4. The minimum atomic E-state index is 0.0636. The summed E-state index contributed by atoms with van der Waals surface area (Å²) in [5.41, 5.74) is 0.855. The van der Waals surface area contributed by atoms with Crippen molar-refractivity contribution in [1.82, 2.24) is 15.2 Å². The Bertz CT molecular complexity index is 489. The zero-order valence-electron chi connectivity index (χ0n) is 11.8. The Morgan fingerprint density at radius 3 is 2.58 bits per heavy atom. The summed E-state index contributed by atoms with van der Waals surface area (Å²) < 4.78 is 0. The highest BCUT2D eigenvalue weighted by Crippen LogP contribution is 2.32. The molecule has 0 spiro atoms. The lowest BCUT2D eigenvalue weighted by molar-refractivity contribution is 0.0218. The van der Waals surface area contributed by atoms with Gasteiger partial charge in [0.15, 0.2) is 0 Å². The van der Waals surface area contributed by atoms with E-state index in [9.17, 15) is 4.79 Å². The first-order valence-electron chi connectivity index (χ1n) is 7.05. The number of amides is 1. The van der Waals surface area contributed by atoms with Gasteiger partial charge in [0.05, 0.1) is 10.7 Å². The molecule has 2 atom stereocenters. The standard InChI is InChI=1S/C14H21N3OS/c1-8-13(19-10(3)15-8)14(18)16-12-9(2)17-6-4-11(12)5-7-17/h9,11-12H,4-7H2,1-3H3,(H,16,18)/t9-,12-/m0/s1. The lowest BCUT2D eigenvalue weighted by Gasteiger charge is -2.49. The van der Waals surface area contributed by atoms with Crippen LogP contribution >= 0.6 is 11.3 Å². The zero-order valence-corrected chi connectivity index (χ0v) is 12.6. The third kappa shape index (κ3) is 2.30. The summed E-state index contributed by atoms with van der Waals surface area (Å²) in [7, 11) is 0. The van der Waals surface area contributed by atoms with Crippen LogP contribution in [0.2, 0.25) is 0 Å². The second-order valence-electron chi connectivity index (χ2n) is 5.76. The number of fused-ring (bicyclic) bond motifs is 3. The highest BCUT2D eigenvalue weighted by molar-refractivity contribution is 7.13. The molecule has 2 bridgehead atoms. The van der Waals surface area contributed by atoms with Gasteiger partial charge in [-0.15, -0.1) is 11.3 Å². The number of carbonyl (C=O) groups is 1. The number of nitrogens with one attached hydrogen (secondary N) is 1. The van der Waals surface area contributed by atoms with Crippen LogP contribution in [0.4, 0.5) is 0 Å². The second kappa shape index (κ2) is 4.87. The van der Waals surface area contributed by atoms with E-state index in [0.29, 0.717) is 18.0 Å². The van der Waals surface area contributed by atoms with Gasteiger partial charge in [-0.25, -0.2) is 4.98 Å². The van der Waals surface area contributed by atoms with E-state index in [0.717, 1.165) is 15.6 Å². The van der Waals surface area contributed by atoms with Crippen LogP contribution in [0, 0.1) is 19.8 Å². The lowest BCUT2D eigenvalue weighted by atomic mass is 9.79. The van der Waals surface area contributed by atoms with E-state index in [2.05, 4.69) is 22.1 Å². The van der Waals surface area contributed by atoms with Gasteiger partial charge in [0.2, 0.25) is 0 Å². The van der Waals surface area contributed by atoms with E-state index in [1.165, 1.54) is 37.3 Å². The van der Waals surface area contributed by atoms with Crippen molar-refractivity contribution in [2.75, 3.05) is 13.1 Å². The highest BCUT2D eigenvalue weighted by Gasteiger charge is 2.40. The Morgan fingerprint density at radius 1 is 1.37 bits per heavy atom. The number of carbonyl (C=O) groups excluding carboxylic acids is 1. The second-order valence-corrected chi connectivity index (χ2v) is 6.96. The Balaban J connectivity index is 1.74. The topological polar surface area (TPSA) is 45.2 Å². The quantitative estimate of drug-likeness (QED) is 0.900. The normalized spacial score (nSPS) is 33.4. The van der Waals surface area contributed by atoms with Gasteiger partial charge < -0.3 is 5.32 Å². The van der Waals surface area contributed by atoms with Gasteiger partial charge in [-0.05, 0) is 52.6 Å². The molecule has 3 fully saturated rings. The Kier molecular flexibility index (Phi) is 3.35. The fourth-order valence-electron chi connectivity index (χ4n) is 3.50. The molecule has 0 aliphatic carbocycles. The monoisotopic (exact) mass is 279 g/mol.